The van der Waals surface area contributed by atoms with Gasteiger partial charge in [-0.2, -0.15) is 0 Å². The van der Waals surface area contributed by atoms with Crippen LogP contribution in [0.3, 0.4) is 0 Å². The molecule has 0 aromatic rings. The third-order valence-electron chi connectivity index (χ3n) is 3.57. The summed E-state index contributed by atoms with van der Waals surface area (Å²) in [7, 11) is 1.42. The van der Waals surface area contributed by atoms with Crippen LogP contribution in [0.2, 0.25) is 0 Å². The number of unbranched alkanes of at least 4 members (excludes halogenated alkanes) is 9. The van der Waals surface area contributed by atoms with Crippen LogP contribution in [0.1, 0.15) is 84.0 Å². The standard InChI is InChI=1S/C19H34O2/c1-3-4-5-6-7-8-9-10-11-12-13-14-15-16-17-18-19(20)21-2/h12-13,16-17H,3-11,14-15,18H2,1-2H3/b13-12-,17-16-. The molecule has 0 heterocycles. The lowest BCUT2D eigenvalue weighted by molar-refractivity contribution is -0.139. The first-order valence-electron chi connectivity index (χ1n) is 8.68. The second-order valence-corrected chi connectivity index (χ2v) is 5.56. The molecule has 0 aliphatic carbocycles. The zero-order valence-corrected chi connectivity index (χ0v) is 14.1. The Hall–Kier alpha value is -1.05. The average molecular weight is 294 g/mol. The first kappa shape index (κ1) is 19.9. The Bertz CT molecular complexity index is 279. The molecule has 0 radical (unpaired) electrons. The lowest BCUT2D eigenvalue weighted by Crippen LogP contribution is -1.96. The number of ether oxygens (including phenoxy) is 1. The van der Waals surface area contributed by atoms with Gasteiger partial charge in [0, 0.05) is 0 Å². The Morgan fingerprint density at radius 1 is 0.762 bits per heavy atom. The smallest absolute Gasteiger partial charge is 0.309 e. The number of hydrogen-bond acceptors (Lipinski definition) is 2. The van der Waals surface area contributed by atoms with Gasteiger partial charge in [-0.3, -0.25) is 4.79 Å². The molecule has 0 fully saturated rings. The number of methoxy groups -OCH3 is 1. The fourth-order valence-electron chi connectivity index (χ4n) is 2.20. The van der Waals surface area contributed by atoms with Crippen molar-refractivity contribution in [1.29, 1.82) is 0 Å². The summed E-state index contributed by atoms with van der Waals surface area (Å²) in [6.45, 7) is 2.27. The molecule has 0 aromatic heterocycles. The Morgan fingerprint density at radius 3 is 1.90 bits per heavy atom. The van der Waals surface area contributed by atoms with Gasteiger partial charge < -0.3 is 4.74 Å². The highest BCUT2D eigenvalue weighted by atomic mass is 16.5. The largest absolute Gasteiger partial charge is 0.469 e. The van der Waals surface area contributed by atoms with Crippen molar-refractivity contribution < 1.29 is 9.53 Å². The SMILES string of the molecule is CCCCCCCCCC/C=C\CC/C=C\CC(=O)OC. The molecule has 2 nitrogen and oxygen atoms in total. The summed E-state index contributed by atoms with van der Waals surface area (Å²) >= 11 is 0. The van der Waals surface area contributed by atoms with E-state index in [1.165, 1.54) is 64.9 Å². The number of esters is 1. The van der Waals surface area contributed by atoms with Crippen LogP contribution < -0.4 is 0 Å². The van der Waals surface area contributed by atoms with Gasteiger partial charge >= 0.3 is 5.97 Å². The first-order valence-corrected chi connectivity index (χ1v) is 8.68. The molecule has 0 N–H and O–H groups in total. The van der Waals surface area contributed by atoms with E-state index in [-0.39, 0.29) is 5.97 Å². The van der Waals surface area contributed by atoms with E-state index in [1.54, 1.807) is 0 Å². The third kappa shape index (κ3) is 16.9. The van der Waals surface area contributed by atoms with E-state index in [9.17, 15) is 4.79 Å². The van der Waals surface area contributed by atoms with Gasteiger partial charge in [-0.25, -0.2) is 0 Å². The molecule has 2 heteroatoms. The van der Waals surface area contributed by atoms with Crippen LogP contribution in [-0.4, -0.2) is 13.1 Å². The van der Waals surface area contributed by atoms with E-state index in [1.807, 2.05) is 6.08 Å². The summed E-state index contributed by atoms with van der Waals surface area (Å²) in [5.74, 6) is -0.170. The van der Waals surface area contributed by atoms with E-state index < -0.39 is 0 Å². The van der Waals surface area contributed by atoms with Gasteiger partial charge in [0.05, 0.1) is 13.5 Å². The fourth-order valence-corrected chi connectivity index (χ4v) is 2.20. The summed E-state index contributed by atoms with van der Waals surface area (Å²) in [4.78, 5) is 10.9. The molecule has 0 aliphatic heterocycles. The maximum atomic E-state index is 10.9. The Morgan fingerprint density at radius 2 is 1.29 bits per heavy atom. The van der Waals surface area contributed by atoms with Crippen LogP contribution in [0, 0.1) is 0 Å². The highest BCUT2D eigenvalue weighted by molar-refractivity contribution is 5.70. The van der Waals surface area contributed by atoms with E-state index >= 15 is 0 Å². The fraction of sp³-hybridized carbons (Fsp3) is 0.737. The van der Waals surface area contributed by atoms with E-state index in [2.05, 4.69) is 29.9 Å². The first-order chi connectivity index (χ1) is 10.3. The summed E-state index contributed by atoms with van der Waals surface area (Å²) in [6.07, 6.45) is 23.2. The highest BCUT2D eigenvalue weighted by Gasteiger charge is 1.92. The molecule has 122 valence electrons. The zero-order chi connectivity index (χ0) is 15.6. The monoisotopic (exact) mass is 294 g/mol. The highest BCUT2D eigenvalue weighted by Crippen LogP contribution is 2.09. The minimum Gasteiger partial charge on any atom is -0.469 e. The summed E-state index contributed by atoms with van der Waals surface area (Å²) < 4.78 is 4.57. The van der Waals surface area contributed by atoms with Gasteiger partial charge in [0.25, 0.3) is 0 Å². The second-order valence-electron chi connectivity index (χ2n) is 5.56. The molecule has 0 spiro atoms. The third-order valence-corrected chi connectivity index (χ3v) is 3.57. The van der Waals surface area contributed by atoms with Crippen LogP contribution >= 0.6 is 0 Å². The number of allylic oxidation sites excluding steroid dienone is 3. The molecule has 0 aliphatic rings. The van der Waals surface area contributed by atoms with Gasteiger partial charge in [-0.15, -0.1) is 0 Å². The van der Waals surface area contributed by atoms with Crippen LogP contribution in [0.25, 0.3) is 0 Å². The predicted octanol–water partition coefficient (Wildman–Crippen LogP) is 5.97. The molecule has 0 unspecified atom stereocenters. The van der Waals surface area contributed by atoms with E-state index in [4.69, 9.17) is 0 Å². The van der Waals surface area contributed by atoms with Crippen molar-refractivity contribution in [3.63, 3.8) is 0 Å². The molecule has 0 bridgehead atoms. The molecule has 0 aromatic carbocycles. The minimum atomic E-state index is -0.170. The summed E-state index contributed by atoms with van der Waals surface area (Å²) in [6, 6.07) is 0. The normalized spacial score (nSPS) is 11.5. The van der Waals surface area contributed by atoms with Crippen LogP contribution in [-0.2, 0) is 9.53 Å². The average Bonchev–Trinajstić information content (AvgIpc) is 2.50. The van der Waals surface area contributed by atoms with Gasteiger partial charge in [0.2, 0.25) is 0 Å². The lowest BCUT2D eigenvalue weighted by Gasteiger charge is -1.99. The van der Waals surface area contributed by atoms with Crippen molar-refractivity contribution in [2.75, 3.05) is 7.11 Å². The number of rotatable bonds is 14. The van der Waals surface area contributed by atoms with Gasteiger partial charge in [-0.1, -0.05) is 76.2 Å². The second kappa shape index (κ2) is 17.0. The Kier molecular flexibility index (Phi) is 16.2. The minimum absolute atomic E-state index is 0.170. The number of carbonyl (C=O) groups excluding carboxylic acids is 1. The maximum absolute atomic E-state index is 10.9. The number of carbonyl (C=O) groups is 1. The number of hydrogen-bond donors (Lipinski definition) is 0. The van der Waals surface area contributed by atoms with E-state index in [0.29, 0.717) is 6.42 Å². The quantitative estimate of drug-likeness (QED) is 0.224. The molecule has 0 saturated heterocycles. The molecule has 0 amide bonds. The Labute approximate surface area is 131 Å². The maximum Gasteiger partial charge on any atom is 0.309 e. The van der Waals surface area contributed by atoms with Crippen LogP contribution in [0.5, 0.6) is 0 Å². The summed E-state index contributed by atoms with van der Waals surface area (Å²) in [5, 5.41) is 0. The van der Waals surface area contributed by atoms with Crippen molar-refractivity contribution in [2.24, 2.45) is 0 Å². The van der Waals surface area contributed by atoms with E-state index in [0.717, 1.165) is 12.8 Å². The van der Waals surface area contributed by atoms with Crippen molar-refractivity contribution in [1.82, 2.24) is 0 Å². The zero-order valence-electron chi connectivity index (χ0n) is 14.1. The van der Waals surface area contributed by atoms with Crippen LogP contribution in [0.4, 0.5) is 0 Å². The van der Waals surface area contributed by atoms with Gasteiger partial charge in [0.1, 0.15) is 0 Å². The van der Waals surface area contributed by atoms with Gasteiger partial charge in [0.15, 0.2) is 0 Å². The van der Waals surface area contributed by atoms with Crippen molar-refractivity contribution in [3.8, 4) is 0 Å². The topological polar surface area (TPSA) is 26.3 Å². The van der Waals surface area contributed by atoms with Crippen molar-refractivity contribution >= 4 is 5.97 Å². The lowest BCUT2D eigenvalue weighted by atomic mass is 10.1. The Balaban J connectivity index is 3.20. The molecule has 21 heavy (non-hydrogen) atoms. The molecule has 0 saturated carbocycles. The molecular formula is C19H34O2. The van der Waals surface area contributed by atoms with Crippen molar-refractivity contribution in [3.05, 3.63) is 24.3 Å². The predicted molar refractivity (Wildman–Crippen MR) is 91.4 cm³/mol. The van der Waals surface area contributed by atoms with Gasteiger partial charge in [-0.05, 0) is 25.7 Å². The molecular weight excluding hydrogens is 260 g/mol. The van der Waals surface area contributed by atoms with Crippen LogP contribution in [0.15, 0.2) is 24.3 Å². The van der Waals surface area contributed by atoms with Crippen molar-refractivity contribution in [2.45, 2.75) is 84.0 Å². The summed E-state index contributed by atoms with van der Waals surface area (Å²) in [5.41, 5.74) is 0. The molecule has 0 rings (SSSR count). The molecule has 0 atom stereocenters.